The average Bonchev–Trinajstić information content (AvgIpc) is 2.98. The molecule has 1 N–H and O–H groups in total. The van der Waals surface area contributed by atoms with Crippen molar-refractivity contribution in [2.75, 3.05) is 13.1 Å². The second-order valence-electron chi connectivity index (χ2n) is 5.24. The number of piperidine rings is 1. The minimum Gasteiger partial charge on any atom is -0.481 e. The number of carbonyl (C=O) groups is 2. The van der Waals surface area contributed by atoms with Crippen LogP contribution in [0.4, 0.5) is 0 Å². The van der Waals surface area contributed by atoms with Gasteiger partial charge >= 0.3 is 5.97 Å². The molecule has 0 aliphatic carbocycles. The van der Waals surface area contributed by atoms with E-state index in [1.54, 1.807) is 22.0 Å². The average molecular weight is 280 g/mol. The first-order valence-electron chi connectivity index (χ1n) is 6.93. The molecular formula is C13H20N4O3. The van der Waals surface area contributed by atoms with Crippen LogP contribution in [-0.2, 0) is 16.1 Å². The molecule has 2 rings (SSSR count). The summed E-state index contributed by atoms with van der Waals surface area (Å²) in [7, 11) is 0. The molecular weight excluding hydrogens is 260 g/mol. The van der Waals surface area contributed by atoms with E-state index in [1.165, 1.54) is 0 Å². The molecule has 1 aromatic heterocycles. The molecule has 0 aromatic carbocycles. The minimum absolute atomic E-state index is 0.0515. The molecule has 110 valence electrons. The van der Waals surface area contributed by atoms with Crippen molar-refractivity contribution in [3.8, 4) is 0 Å². The third-order valence-electron chi connectivity index (χ3n) is 4.23. The first kappa shape index (κ1) is 14.5. The molecule has 0 spiro atoms. The van der Waals surface area contributed by atoms with Crippen molar-refractivity contribution >= 4 is 11.9 Å². The fourth-order valence-corrected chi connectivity index (χ4v) is 2.62. The number of carboxylic acid groups (broad SMARTS) is 1. The fourth-order valence-electron chi connectivity index (χ4n) is 2.62. The maximum atomic E-state index is 12.1. The maximum Gasteiger partial charge on any atom is 0.309 e. The van der Waals surface area contributed by atoms with Gasteiger partial charge in [-0.25, -0.2) is 0 Å². The lowest BCUT2D eigenvalue weighted by Gasteiger charge is -2.38. The largest absolute Gasteiger partial charge is 0.481 e. The van der Waals surface area contributed by atoms with E-state index < -0.39 is 11.4 Å². The zero-order valence-corrected chi connectivity index (χ0v) is 11.7. The van der Waals surface area contributed by atoms with Crippen molar-refractivity contribution < 1.29 is 14.7 Å². The smallest absolute Gasteiger partial charge is 0.309 e. The van der Waals surface area contributed by atoms with Crippen molar-refractivity contribution in [3.63, 3.8) is 0 Å². The fraction of sp³-hybridized carbons (Fsp3) is 0.692. The second kappa shape index (κ2) is 6.02. The number of aryl methyl sites for hydroxylation is 1. The predicted octanol–water partition coefficient (Wildman–Crippen LogP) is 0.772. The van der Waals surface area contributed by atoms with E-state index in [1.807, 2.05) is 6.92 Å². The number of rotatable bonds is 5. The standard InChI is InChI=1S/C13H20N4O3/c1-2-13(12(19)20)4-8-16(9-5-13)11(18)3-7-17-10-6-14-15-17/h6,10H,2-5,7-9H2,1H3,(H,19,20). The zero-order valence-electron chi connectivity index (χ0n) is 11.7. The van der Waals surface area contributed by atoms with E-state index in [0.29, 0.717) is 45.3 Å². The van der Waals surface area contributed by atoms with E-state index in [2.05, 4.69) is 10.3 Å². The Bertz CT molecular complexity index is 464. The topological polar surface area (TPSA) is 88.3 Å². The van der Waals surface area contributed by atoms with Gasteiger partial charge in [0, 0.05) is 25.7 Å². The van der Waals surface area contributed by atoms with Gasteiger partial charge in [-0.05, 0) is 19.3 Å². The number of likely N-dealkylation sites (tertiary alicyclic amines) is 1. The van der Waals surface area contributed by atoms with Crippen molar-refractivity contribution in [3.05, 3.63) is 12.4 Å². The van der Waals surface area contributed by atoms with Crippen molar-refractivity contribution in [1.82, 2.24) is 19.9 Å². The minimum atomic E-state index is -0.741. The van der Waals surface area contributed by atoms with Gasteiger partial charge in [0.05, 0.1) is 18.2 Å². The number of hydrogen-bond acceptors (Lipinski definition) is 4. The predicted molar refractivity (Wildman–Crippen MR) is 70.8 cm³/mol. The zero-order chi connectivity index (χ0) is 14.6. The Hall–Kier alpha value is -1.92. The first-order valence-corrected chi connectivity index (χ1v) is 6.93. The monoisotopic (exact) mass is 280 g/mol. The summed E-state index contributed by atoms with van der Waals surface area (Å²) in [6.07, 6.45) is 5.35. The molecule has 1 amide bonds. The Labute approximate surface area is 117 Å². The SMILES string of the molecule is CCC1(C(=O)O)CCN(C(=O)CCn2ccnn2)CC1. The maximum absolute atomic E-state index is 12.1. The lowest BCUT2D eigenvalue weighted by Crippen LogP contribution is -2.46. The summed E-state index contributed by atoms with van der Waals surface area (Å²) in [4.78, 5) is 25.2. The lowest BCUT2D eigenvalue weighted by molar-refractivity contribution is -0.154. The number of hydrogen-bond donors (Lipinski definition) is 1. The molecule has 0 bridgehead atoms. The summed E-state index contributed by atoms with van der Waals surface area (Å²) < 4.78 is 1.62. The Morgan fingerprint density at radius 2 is 2.05 bits per heavy atom. The van der Waals surface area contributed by atoms with Gasteiger partial charge in [0.2, 0.25) is 5.91 Å². The molecule has 1 aromatic rings. The molecule has 7 heteroatoms. The van der Waals surface area contributed by atoms with E-state index in [9.17, 15) is 14.7 Å². The van der Waals surface area contributed by atoms with Crippen molar-refractivity contribution in [2.45, 2.75) is 39.2 Å². The first-order chi connectivity index (χ1) is 9.57. The van der Waals surface area contributed by atoms with Crippen molar-refractivity contribution in [1.29, 1.82) is 0 Å². The van der Waals surface area contributed by atoms with Crippen LogP contribution < -0.4 is 0 Å². The highest BCUT2D eigenvalue weighted by Gasteiger charge is 2.40. The normalized spacial score (nSPS) is 17.9. The Morgan fingerprint density at radius 1 is 1.35 bits per heavy atom. The van der Waals surface area contributed by atoms with Crippen LogP contribution in [0.5, 0.6) is 0 Å². The van der Waals surface area contributed by atoms with Gasteiger partial charge in [-0.2, -0.15) is 0 Å². The van der Waals surface area contributed by atoms with Crippen LogP contribution >= 0.6 is 0 Å². The molecule has 1 aliphatic rings. The number of nitrogens with zero attached hydrogens (tertiary/aromatic N) is 4. The number of carboxylic acids is 1. The molecule has 20 heavy (non-hydrogen) atoms. The van der Waals surface area contributed by atoms with Gasteiger partial charge in [-0.15, -0.1) is 5.10 Å². The number of aromatic nitrogens is 3. The van der Waals surface area contributed by atoms with E-state index in [-0.39, 0.29) is 5.91 Å². The summed E-state index contributed by atoms with van der Waals surface area (Å²) in [5.41, 5.74) is -0.650. The number of aliphatic carboxylic acids is 1. The van der Waals surface area contributed by atoms with Gasteiger partial charge in [0.15, 0.2) is 0 Å². The molecule has 1 fully saturated rings. The quantitative estimate of drug-likeness (QED) is 0.860. The highest BCUT2D eigenvalue weighted by Crippen LogP contribution is 2.35. The summed E-state index contributed by atoms with van der Waals surface area (Å²) in [6, 6.07) is 0. The van der Waals surface area contributed by atoms with Crippen molar-refractivity contribution in [2.24, 2.45) is 5.41 Å². The van der Waals surface area contributed by atoms with E-state index in [0.717, 1.165) is 0 Å². The summed E-state index contributed by atoms with van der Waals surface area (Å²) in [5, 5.41) is 16.8. The Kier molecular flexibility index (Phi) is 4.36. The summed E-state index contributed by atoms with van der Waals surface area (Å²) in [5.74, 6) is -0.690. The van der Waals surface area contributed by atoms with E-state index >= 15 is 0 Å². The van der Waals surface area contributed by atoms with Gasteiger partial charge in [0.1, 0.15) is 0 Å². The Morgan fingerprint density at radius 3 is 2.55 bits per heavy atom. The molecule has 2 heterocycles. The van der Waals surface area contributed by atoms with Gasteiger partial charge in [0.25, 0.3) is 0 Å². The van der Waals surface area contributed by atoms with Crippen LogP contribution in [0.15, 0.2) is 12.4 Å². The van der Waals surface area contributed by atoms with Gasteiger partial charge < -0.3 is 10.0 Å². The number of carbonyl (C=O) groups excluding carboxylic acids is 1. The van der Waals surface area contributed by atoms with Crippen LogP contribution in [0.2, 0.25) is 0 Å². The van der Waals surface area contributed by atoms with Gasteiger partial charge in [-0.3, -0.25) is 14.3 Å². The second-order valence-corrected chi connectivity index (χ2v) is 5.24. The number of amides is 1. The van der Waals surface area contributed by atoms with Crippen LogP contribution in [0.1, 0.15) is 32.6 Å². The van der Waals surface area contributed by atoms with Crippen LogP contribution in [0.25, 0.3) is 0 Å². The molecule has 0 saturated carbocycles. The Balaban J connectivity index is 1.84. The summed E-state index contributed by atoms with van der Waals surface area (Å²) >= 11 is 0. The third-order valence-corrected chi connectivity index (χ3v) is 4.23. The van der Waals surface area contributed by atoms with E-state index in [4.69, 9.17) is 0 Å². The molecule has 0 unspecified atom stereocenters. The van der Waals surface area contributed by atoms with Crippen LogP contribution in [0.3, 0.4) is 0 Å². The molecule has 1 aliphatic heterocycles. The molecule has 0 radical (unpaired) electrons. The molecule has 0 atom stereocenters. The summed E-state index contributed by atoms with van der Waals surface area (Å²) in [6.45, 7) is 3.45. The molecule has 7 nitrogen and oxygen atoms in total. The van der Waals surface area contributed by atoms with Gasteiger partial charge in [-0.1, -0.05) is 12.1 Å². The third kappa shape index (κ3) is 2.97. The highest BCUT2D eigenvalue weighted by atomic mass is 16.4. The van der Waals surface area contributed by atoms with Crippen LogP contribution in [0, 0.1) is 5.41 Å². The lowest BCUT2D eigenvalue weighted by atomic mass is 9.76. The van der Waals surface area contributed by atoms with Crippen LogP contribution in [-0.4, -0.2) is 50.0 Å². The highest BCUT2D eigenvalue weighted by molar-refractivity contribution is 5.78. The molecule has 1 saturated heterocycles.